The minimum absolute atomic E-state index is 0.0863. The molecule has 0 fully saturated rings. The molecule has 0 radical (unpaired) electrons. The van der Waals surface area contributed by atoms with Crippen LogP contribution in [-0.4, -0.2) is 43.7 Å². The zero-order valence-corrected chi connectivity index (χ0v) is 19.3. The van der Waals surface area contributed by atoms with E-state index in [0.29, 0.717) is 28.9 Å². The van der Waals surface area contributed by atoms with Crippen molar-refractivity contribution in [1.82, 2.24) is 24.5 Å². The van der Waals surface area contributed by atoms with E-state index in [1.807, 2.05) is 48.7 Å². The molecule has 0 aliphatic rings. The van der Waals surface area contributed by atoms with Crippen LogP contribution < -0.4 is 0 Å². The first kappa shape index (κ1) is 22.0. The third-order valence-corrected chi connectivity index (χ3v) is 5.94. The Balaban J connectivity index is 1.55. The molecule has 34 heavy (non-hydrogen) atoms. The normalized spacial score (nSPS) is 11.4. The fraction of sp³-hybridized carbons (Fsp3) is 0.120. The number of benzene rings is 2. The SMILES string of the molecule is CN(C)Sc1ccc(-c2nc(-c3nnc(Cc4ccc(F)cc4)o3)c(O)c3ncccc23)cc1. The molecule has 0 unspecified atom stereocenters. The lowest BCUT2D eigenvalue weighted by molar-refractivity contribution is 0.471. The molecule has 5 rings (SSSR count). The van der Waals surface area contributed by atoms with Crippen LogP contribution in [0, 0.1) is 5.82 Å². The van der Waals surface area contributed by atoms with Gasteiger partial charge in [-0.3, -0.25) is 9.29 Å². The Morgan fingerprint density at radius 3 is 2.47 bits per heavy atom. The first-order valence-electron chi connectivity index (χ1n) is 10.5. The van der Waals surface area contributed by atoms with Gasteiger partial charge in [0.2, 0.25) is 5.89 Å². The predicted octanol–water partition coefficient (Wildman–Crippen LogP) is 5.35. The highest BCUT2D eigenvalue weighted by Gasteiger charge is 2.21. The molecule has 9 heteroatoms. The van der Waals surface area contributed by atoms with E-state index < -0.39 is 0 Å². The van der Waals surface area contributed by atoms with Gasteiger partial charge in [-0.15, -0.1) is 10.2 Å². The van der Waals surface area contributed by atoms with Gasteiger partial charge in [0, 0.05) is 22.0 Å². The molecule has 2 aromatic carbocycles. The summed E-state index contributed by atoms with van der Waals surface area (Å²) in [4.78, 5) is 10.2. The molecular weight excluding hydrogens is 453 g/mol. The summed E-state index contributed by atoms with van der Waals surface area (Å²) in [5, 5.41) is 19.8. The Morgan fingerprint density at radius 1 is 0.971 bits per heavy atom. The van der Waals surface area contributed by atoms with Crippen LogP contribution in [0.3, 0.4) is 0 Å². The van der Waals surface area contributed by atoms with E-state index in [1.165, 1.54) is 12.1 Å². The second-order valence-electron chi connectivity index (χ2n) is 7.79. The van der Waals surface area contributed by atoms with Crippen molar-refractivity contribution in [1.29, 1.82) is 0 Å². The molecule has 0 amide bonds. The van der Waals surface area contributed by atoms with Gasteiger partial charge in [0.05, 0.1) is 12.1 Å². The third-order valence-electron chi connectivity index (χ3n) is 5.09. The minimum Gasteiger partial charge on any atom is -0.504 e. The van der Waals surface area contributed by atoms with Crippen LogP contribution in [0.2, 0.25) is 0 Å². The largest absolute Gasteiger partial charge is 0.504 e. The Bertz CT molecular complexity index is 1450. The molecule has 0 aliphatic carbocycles. The van der Waals surface area contributed by atoms with Crippen LogP contribution in [0.4, 0.5) is 4.39 Å². The lowest BCUT2D eigenvalue weighted by Crippen LogP contribution is -1.98. The van der Waals surface area contributed by atoms with E-state index in [1.54, 1.807) is 36.3 Å². The van der Waals surface area contributed by atoms with E-state index in [-0.39, 0.29) is 23.2 Å². The van der Waals surface area contributed by atoms with Crippen LogP contribution in [0.15, 0.2) is 76.2 Å². The fourth-order valence-electron chi connectivity index (χ4n) is 3.57. The average Bonchev–Trinajstić information content (AvgIpc) is 3.29. The maximum Gasteiger partial charge on any atom is 0.270 e. The number of aromatic hydroxyl groups is 1. The second-order valence-corrected chi connectivity index (χ2v) is 9.17. The van der Waals surface area contributed by atoms with Crippen LogP contribution in [0.5, 0.6) is 5.75 Å². The smallest absolute Gasteiger partial charge is 0.270 e. The zero-order valence-electron chi connectivity index (χ0n) is 18.4. The van der Waals surface area contributed by atoms with Gasteiger partial charge in [-0.25, -0.2) is 9.37 Å². The molecule has 0 spiro atoms. The molecule has 5 aromatic rings. The highest BCUT2D eigenvalue weighted by Crippen LogP contribution is 2.38. The van der Waals surface area contributed by atoms with Gasteiger partial charge in [0.25, 0.3) is 5.89 Å². The molecule has 0 saturated carbocycles. The van der Waals surface area contributed by atoms with E-state index in [0.717, 1.165) is 16.0 Å². The second kappa shape index (κ2) is 9.20. The summed E-state index contributed by atoms with van der Waals surface area (Å²) < 4.78 is 21.0. The molecule has 3 heterocycles. The minimum atomic E-state index is -0.311. The van der Waals surface area contributed by atoms with Gasteiger partial charge in [-0.05, 0) is 68.0 Å². The predicted molar refractivity (Wildman–Crippen MR) is 129 cm³/mol. The molecule has 0 atom stereocenters. The number of pyridine rings is 2. The number of hydrogen-bond donors (Lipinski definition) is 1. The summed E-state index contributed by atoms with van der Waals surface area (Å²) in [5.74, 6) is -0.0246. The number of aromatic nitrogens is 4. The third kappa shape index (κ3) is 4.48. The number of fused-ring (bicyclic) bond motifs is 1. The lowest BCUT2D eigenvalue weighted by Gasteiger charge is -2.11. The monoisotopic (exact) mass is 473 g/mol. The summed E-state index contributed by atoms with van der Waals surface area (Å²) in [6.07, 6.45) is 1.94. The van der Waals surface area contributed by atoms with E-state index in [9.17, 15) is 9.50 Å². The first-order chi connectivity index (χ1) is 16.5. The van der Waals surface area contributed by atoms with Gasteiger partial charge >= 0.3 is 0 Å². The van der Waals surface area contributed by atoms with Gasteiger partial charge in [-0.1, -0.05) is 24.3 Å². The van der Waals surface area contributed by atoms with Crippen molar-refractivity contribution in [2.45, 2.75) is 11.3 Å². The lowest BCUT2D eigenvalue weighted by atomic mass is 10.1. The van der Waals surface area contributed by atoms with Crippen molar-refractivity contribution in [3.8, 4) is 28.6 Å². The van der Waals surface area contributed by atoms with Crippen LogP contribution in [0.25, 0.3) is 33.7 Å². The van der Waals surface area contributed by atoms with Crippen molar-refractivity contribution in [3.63, 3.8) is 0 Å². The summed E-state index contributed by atoms with van der Waals surface area (Å²) in [6.45, 7) is 0. The van der Waals surface area contributed by atoms with Crippen LogP contribution in [0.1, 0.15) is 11.5 Å². The van der Waals surface area contributed by atoms with Crippen LogP contribution in [-0.2, 0) is 6.42 Å². The maximum atomic E-state index is 13.2. The summed E-state index contributed by atoms with van der Waals surface area (Å²) in [6, 6.07) is 17.7. The molecule has 0 saturated heterocycles. The number of halogens is 1. The highest BCUT2D eigenvalue weighted by molar-refractivity contribution is 7.97. The van der Waals surface area contributed by atoms with Gasteiger partial charge in [0.15, 0.2) is 11.4 Å². The summed E-state index contributed by atoms with van der Waals surface area (Å²) >= 11 is 1.62. The molecule has 3 aromatic heterocycles. The molecule has 1 N–H and O–H groups in total. The standard InChI is InChI=1S/C25H20FN5O2S/c1-31(2)34-18-11-7-16(8-12-18)21-19-4-3-13-27-22(19)24(32)23(28-21)25-30-29-20(33-25)14-15-5-9-17(26)10-6-15/h3-13,32H,14H2,1-2H3. The van der Waals surface area contributed by atoms with Crippen molar-refractivity contribution in [2.75, 3.05) is 14.1 Å². The Kier molecular flexibility index (Phi) is 5.95. The van der Waals surface area contributed by atoms with E-state index in [4.69, 9.17) is 9.40 Å². The number of hydrogen-bond acceptors (Lipinski definition) is 8. The van der Waals surface area contributed by atoms with Crippen molar-refractivity contribution in [3.05, 3.63) is 84.1 Å². The maximum absolute atomic E-state index is 13.2. The van der Waals surface area contributed by atoms with Crippen molar-refractivity contribution in [2.24, 2.45) is 0 Å². The Morgan fingerprint density at radius 2 is 1.74 bits per heavy atom. The zero-order chi connectivity index (χ0) is 23.7. The Hall–Kier alpha value is -3.82. The quantitative estimate of drug-likeness (QED) is 0.330. The molecule has 0 bridgehead atoms. The molecular formula is C25H20FN5O2S. The fourth-order valence-corrected chi connectivity index (χ4v) is 4.25. The molecule has 170 valence electrons. The van der Waals surface area contributed by atoms with Crippen molar-refractivity contribution < 1.29 is 13.9 Å². The summed E-state index contributed by atoms with van der Waals surface area (Å²) in [7, 11) is 3.97. The summed E-state index contributed by atoms with van der Waals surface area (Å²) in [5.41, 5.74) is 2.90. The number of rotatable bonds is 6. The van der Waals surface area contributed by atoms with E-state index >= 15 is 0 Å². The van der Waals surface area contributed by atoms with Gasteiger partial charge in [-0.2, -0.15) is 0 Å². The number of nitrogens with zero attached hydrogens (tertiary/aromatic N) is 5. The van der Waals surface area contributed by atoms with Crippen LogP contribution >= 0.6 is 11.9 Å². The average molecular weight is 474 g/mol. The Labute approximate surface area is 199 Å². The highest BCUT2D eigenvalue weighted by atomic mass is 32.2. The molecule has 7 nitrogen and oxygen atoms in total. The topological polar surface area (TPSA) is 88.2 Å². The van der Waals surface area contributed by atoms with Crippen molar-refractivity contribution >= 4 is 22.9 Å². The van der Waals surface area contributed by atoms with E-state index in [2.05, 4.69) is 15.2 Å². The first-order valence-corrected chi connectivity index (χ1v) is 11.3. The molecule has 0 aliphatic heterocycles. The van der Waals surface area contributed by atoms with Gasteiger partial charge < -0.3 is 9.52 Å². The van der Waals surface area contributed by atoms with Gasteiger partial charge in [0.1, 0.15) is 11.3 Å².